The van der Waals surface area contributed by atoms with Gasteiger partial charge in [0.25, 0.3) is 5.56 Å². The molecule has 3 heterocycles. The molecule has 0 saturated carbocycles. The monoisotopic (exact) mass is 409 g/mol. The van der Waals surface area contributed by atoms with Crippen molar-refractivity contribution in [3.8, 4) is 10.7 Å². The summed E-state index contributed by atoms with van der Waals surface area (Å²) in [6.45, 7) is 3.66. The largest absolute Gasteiger partial charge is 0.391 e. The van der Waals surface area contributed by atoms with Crippen molar-refractivity contribution in [1.29, 1.82) is 0 Å². The first-order valence-electron chi connectivity index (χ1n) is 8.98. The number of rotatable bonds is 5. The predicted octanol–water partition coefficient (Wildman–Crippen LogP) is 2.37. The van der Waals surface area contributed by atoms with Gasteiger partial charge in [-0.25, -0.2) is 0 Å². The molecule has 1 aromatic carbocycles. The van der Waals surface area contributed by atoms with Gasteiger partial charge in [0.15, 0.2) is 5.82 Å². The van der Waals surface area contributed by atoms with Gasteiger partial charge in [0.1, 0.15) is 6.54 Å². The number of amides is 1. The summed E-state index contributed by atoms with van der Waals surface area (Å²) in [5.41, 5.74) is 2.11. The number of aromatic nitrogens is 4. The Kier molecular flexibility index (Phi) is 4.99. The van der Waals surface area contributed by atoms with Crippen LogP contribution >= 0.6 is 11.3 Å². The molecule has 9 heteroatoms. The highest BCUT2D eigenvalue weighted by atomic mass is 32.1. The van der Waals surface area contributed by atoms with Crippen LogP contribution in [0, 0.1) is 13.8 Å². The van der Waals surface area contributed by atoms with E-state index in [-0.39, 0.29) is 24.6 Å². The predicted molar refractivity (Wildman–Crippen MR) is 111 cm³/mol. The Balaban J connectivity index is 1.68. The zero-order chi connectivity index (χ0) is 20.5. The van der Waals surface area contributed by atoms with Crippen LogP contribution in [0.3, 0.4) is 0 Å². The Labute approximate surface area is 170 Å². The van der Waals surface area contributed by atoms with E-state index in [2.05, 4.69) is 15.4 Å². The lowest BCUT2D eigenvalue weighted by molar-refractivity contribution is -0.116. The van der Waals surface area contributed by atoms with Crippen LogP contribution in [-0.2, 0) is 17.9 Å². The molecule has 0 bridgehead atoms. The van der Waals surface area contributed by atoms with Crippen LogP contribution in [0.25, 0.3) is 16.5 Å². The van der Waals surface area contributed by atoms with E-state index in [1.165, 1.54) is 21.9 Å². The first kappa shape index (κ1) is 19.0. The van der Waals surface area contributed by atoms with Gasteiger partial charge in [-0.2, -0.15) is 9.50 Å². The smallest absolute Gasteiger partial charge is 0.275 e. The summed E-state index contributed by atoms with van der Waals surface area (Å²) in [5, 5.41) is 16.4. The third-order valence-corrected chi connectivity index (χ3v) is 5.54. The summed E-state index contributed by atoms with van der Waals surface area (Å²) in [4.78, 5) is 31.0. The van der Waals surface area contributed by atoms with Gasteiger partial charge < -0.3 is 15.0 Å². The second-order valence-electron chi connectivity index (χ2n) is 6.70. The van der Waals surface area contributed by atoms with Crippen LogP contribution in [0.5, 0.6) is 0 Å². The van der Waals surface area contributed by atoms with Crippen molar-refractivity contribution in [2.75, 3.05) is 5.32 Å². The van der Waals surface area contributed by atoms with Crippen LogP contribution in [0.2, 0.25) is 0 Å². The fourth-order valence-corrected chi connectivity index (χ4v) is 3.76. The number of carbonyl (C=O) groups is 1. The number of hydrogen-bond donors (Lipinski definition) is 2. The number of benzene rings is 1. The van der Waals surface area contributed by atoms with E-state index >= 15 is 0 Å². The van der Waals surface area contributed by atoms with E-state index in [0.717, 1.165) is 15.3 Å². The molecule has 0 aliphatic heterocycles. The number of aliphatic hydroxyl groups excluding tert-OH is 1. The number of aryl methyl sites for hydroxylation is 2. The average Bonchev–Trinajstić information content (AvgIpc) is 3.34. The summed E-state index contributed by atoms with van der Waals surface area (Å²) in [6, 6.07) is 12.5. The zero-order valence-electron chi connectivity index (χ0n) is 15.9. The summed E-state index contributed by atoms with van der Waals surface area (Å²) in [5.74, 6) is 0.443. The topological polar surface area (TPSA) is 102 Å². The van der Waals surface area contributed by atoms with Crippen molar-refractivity contribution in [3.05, 3.63) is 69.0 Å². The van der Waals surface area contributed by atoms with Gasteiger partial charge in [-0.05, 0) is 38.1 Å². The number of aliphatic hydroxyl groups is 1. The maximum atomic E-state index is 12.6. The molecule has 0 spiro atoms. The Bertz CT molecular complexity index is 1250. The Morgan fingerprint density at radius 3 is 2.62 bits per heavy atom. The lowest BCUT2D eigenvalue weighted by atomic mass is 10.2. The molecule has 3 aromatic heterocycles. The molecule has 0 aliphatic rings. The normalized spacial score (nSPS) is 11.1. The van der Waals surface area contributed by atoms with Crippen molar-refractivity contribution in [2.24, 2.45) is 0 Å². The fourth-order valence-electron chi connectivity index (χ4n) is 2.97. The number of nitrogens with zero attached hydrogens (tertiary/aromatic N) is 4. The van der Waals surface area contributed by atoms with E-state index in [1.807, 2.05) is 31.2 Å². The van der Waals surface area contributed by atoms with Crippen molar-refractivity contribution < 1.29 is 9.90 Å². The molecule has 0 fully saturated rings. The SMILES string of the molecule is Cc1ccc(NC(=O)Cn2c(C)cc(=O)n3nc(-c4ccc(CO)s4)nc23)cc1. The summed E-state index contributed by atoms with van der Waals surface area (Å²) < 4.78 is 2.85. The van der Waals surface area contributed by atoms with Gasteiger partial charge in [-0.1, -0.05) is 17.7 Å². The van der Waals surface area contributed by atoms with Crippen molar-refractivity contribution in [2.45, 2.75) is 27.0 Å². The standard InChI is InChI=1S/C20H19N5O3S/c1-12-3-5-14(6-4-12)21-17(27)10-24-13(2)9-18(28)25-20(24)22-19(23-25)16-8-7-15(11-26)29-16/h3-9,26H,10-11H2,1-2H3,(H,21,27). The minimum atomic E-state index is -0.314. The van der Waals surface area contributed by atoms with Crippen LogP contribution in [0.15, 0.2) is 47.3 Å². The van der Waals surface area contributed by atoms with Gasteiger partial charge in [0.2, 0.25) is 11.7 Å². The van der Waals surface area contributed by atoms with Gasteiger partial charge in [0.05, 0.1) is 11.5 Å². The van der Waals surface area contributed by atoms with E-state index in [9.17, 15) is 14.7 Å². The molecular formula is C20H19N5O3S. The van der Waals surface area contributed by atoms with Crippen molar-refractivity contribution in [3.63, 3.8) is 0 Å². The van der Waals surface area contributed by atoms with Crippen molar-refractivity contribution >= 4 is 28.7 Å². The zero-order valence-corrected chi connectivity index (χ0v) is 16.7. The second-order valence-corrected chi connectivity index (χ2v) is 7.86. The maximum Gasteiger partial charge on any atom is 0.275 e. The first-order valence-corrected chi connectivity index (χ1v) is 9.80. The van der Waals surface area contributed by atoms with E-state index in [0.29, 0.717) is 23.0 Å². The molecule has 0 radical (unpaired) electrons. The van der Waals surface area contributed by atoms with E-state index in [1.54, 1.807) is 23.6 Å². The first-order chi connectivity index (χ1) is 13.9. The number of carbonyl (C=O) groups excluding carboxylic acids is 1. The highest BCUT2D eigenvalue weighted by molar-refractivity contribution is 7.15. The molecule has 4 aromatic rings. The minimum absolute atomic E-state index is 0.00600. The van der Waals surface area contributed by atoms with Crippen LogP contribution in [-0.4, -0.2) is 30.2 Å². The number of fused-ring (bicyclic) bond motifs is 1. The molecular weight excluding hydrogens is 390 g/mol. The van der Waals surface area contributed by atoms with Crippen molar-refractivity contribution in [1.82, 2.24) is 19.2 Å². The maximum absolute atomic E-state index is 12.6. The number of nitrogens with one attached hydrogen (secondary N) is 1. The third-order valence-electron chi connectivity index (χ3n) is 4.47. The van der Waals surface area contributed by atoms with Gasteiger partial charge in [-0.3, -0.25) is 9.59 Å². The van der Waals surface area contributed by atoms with E-state index < -0.39 is 0 Å². The number of anilines is 1. The highest BCUT2D eigenvalue weighted by Gasteiger charge is 2.16. The molecule has 0 saturated heterocycles. The van der Waals surface area contributed by atoms with Gasteiger partial charge in [-0.15, -0.1) is 16.4 Å². The van der Waals surface area contributed by atoms with Gasteiger partial charge >= 0.3 is 0 Å². The molecule has 1 amide bonds. The number of hydrogen-bond acceptors (Lipinski definition) is 6. The highest BCUT2D eigenvalue weighted by Crippen LogP contribution is 2.25. The lowest BCUT2D eigenvalue weighted by Crippen LogP contribution is -2.25. The Hall–Kier alpha value is -3.30. The quantitative estimate of drug-likeness (QED) is 0.527. The third kappa shape index (κ3) is 3.82. The molecule has 29 heavy (non-hydrogen) atoms. The Morgan fingerprint density at radius 2 is 1.93 bits per heavy atom. The molecule has 8 nitrogen and oxygen atoms in total. The second kappa shape index (κ2) is 7.61. The Morgan fingerprint density at radius 1 is 1.17 bits per heavy atom. The van der Waals surface area contributed by atoms with Crippen LogP contribution < -0.4 is 10.9 Å². The fraction of sp³-hybridized carbons (Fsp3) is 0.200. The van der Waals surface area contributed by atoms with E-state index in [4.69, 9.17) is 0 Å². The summed E-state index contributed by atoms with van der Waals surface area (Å²) in [6.07, 6.45) is 0. The van der Waals surface area contributed by atoms with Crippen LogP contribution in [0.1, 0.15) is 16.1 Å². The molecule has 0 atom stereocenters. The summed E-state index contributed by atoms with van der Waals surface area (Å²) >= 11 is 1.36. The average molecular weight is 409 g/mol. The molecule has 0 unspecified atom stereocenters. The minimum Gasteiger partial charge on any atom is -0.391 e. The van der Waals surface area contributed by atoms with Gasteiger partial charge in [0, 0.05) is 22.3 Å². The van der Waals surface area contributed by atoms with Crippen LogP contribution in [0.4, 0.5) is 5.69 Å². The number of thiophene rings is 1. The molecule has 148 valence electrons. The lowest BCUT2D eigenvalue weighted by Gasteiger charge is -2.11. The summed E-state index contributed by atoms with van der Waals surface area (Å²) in [7, 11) is 0. The molecule has 4 rings (SSSR count). The molecule has 2 N–H and O–H groups in total. The molecule has 0 aliphatic carbocycles.